The Labute approximate surface area is 158 Å². The second kappa shape index (κ2) is 8.49. The first-order valence-electron chi connectivity index (χ1n) is 8.86. The van der Waals surface area contributed by atoms with Crippen molar-refractivity contribution in [2.75, 3.05) is 10.6 Å². The molecule has 0 saturated carbocycles. The summed E-state index contributed by atoms with van der Waals surface area (Å²) in [5, 5.41) is 6.52. The quantitative estimate of drug-likeness (QED) is 0.611. The predicted molar refractivity (Wildman–Crippen MR) is 106 cm³/mol. The molecule has 2 N–H and O–H groups in total. The van der Waals surface area contributed by atoms with Gasteiger partial charge in [-0.1, -0.05) is 12.1 Å². The molecular formula is C21H23FN4O. The van der Waals surface area contributed by atoms with Gasteiger partial charge in [-0.25, -0.2) is 14.4 Å². The molecule has 0 aliphatic carbocycles. The Kier molecular flexibility index (Phi) is 5.86. The minimum atomic E-state index is -0.243. The summed E-state index contributed by atoms with van der Waals surface area (Å²) in [6.45, 7) is 6.39. The van der Waals surface area contributed by atoms with Crippen LogP contribution in [0.15, 0.2) is 54.6 Å². The van der Waals surface area contributed by atoms with Gasteiger partial charge in [0.2, 0.25) is 0 Å². The molecule has 2 aromatic carbocycles. The number of halogens is 1. The van der Waals surface area contributed by atoms with Crippen molar-refractivity contribution in [2.45, 2.75) is 33.4 Å². The highest BCUT2D eigenvalue weighted by Gasteiger charge is 2.04. The summed E-state index contributed by atoms with van der Waals surface area (Å²) in [6.07, 6.45) is 0.142. The van der Waals surface area contributed by atoms with Crippen molar-refractivity contribution in [3.63, 3.8) is 0 Å². The molecule has 0 aliphatic heterocycles. The first-order valence-corrected chi connectivity index (χ1v) is 8.86. The first-order chi connectivity index (χ1) is 13.0. The molecule has 0 aliphatic rings. The van der Waals surface area contributed by atoms with E-state index in [4.69, 9.17) is 4.74 Å². The molecule has 27 heavy (non-hydrogen) atoms. The van der Waals surface area contributed by atoms with E-state index in [-0.39, 0.29) is 11.9 Å². The summed E-state index contributed by atoms with van der Waals surface area (Å²) in [5.41, 5.74) is 1.89. The van der Waals surface area contributed by atoms with Gasteiger partial charge in [-0.05, 0) is 62.7 Å². The maximum absolute atomic E-state index is 13.0. The third kappa shape index (κ3) is 5.67. The highest BCUT2D eigenvalue weighted by molar-refractivity contribution is 5.60. The minimum absolute atomic E-state index is 0.142. The number of benzene rings is 2. The average molecular weight is 366 g/mol. The first kappa shape index (κ1) is 18.6. The highest BCUT2D eigenvalue weighted by atomic mass is 19.1. The van der Waals surface area contributed by atoms with E-state index in [1.54, 1.807) is 12.1 Å². The van der Waals surface area contributed by atoms with Crippen molar-refractivity contribution in [3.05, 3.63) is 71.8 Å². The van der Waals surface area contributed by atoms with Crippen LogP contribution in [0.3, 0.4) is 0 Å². The lowest BCUT2D eigenvalue weighted by Gasteiger charge is -2.12. The summed E-state index contributed by atoms with van der Waals surface area (Å²) in [4.78, 5) is 8.82. The van der Waals surface area contributed by atoms with Crippen LogP contribution in [0.1, 0.15) is 25.2 Å². The zero-order valence-electron chi connectivity index (χ0n) is 15.7. The van der Waals surface area contributed by atoms with Crippen molar-refractivity contribution in [1.29, 1.82) is 0 Å². The van der Waals surface area contributed by atoms with Gasteiger partial charge in [-0.2, -0.15) is 0 Å². The zero-order valence-corrected chi connectivity index (χ0v) is 15.7. The van der Waals surface area contributed by atoms with Crippen molar-refractivity contribution < 1.29 is 9.13 Å². The second-order valence-corrected chi connectivity index (χ2v) is 6.48. The van der Waals surface area contributed by atoms with E-state index in [9.17, 15) is 4.39 Å². The molecule has 0 bridgehead atoms. The number of aryl methyl sites for hydroxylation is 1. The Morgan fingerprint density at radius 2 is 1.63 bits per heavy atom. The number of anilines is 3. The minimum Gasteiger partial charge on any atom is -0.491 e. The molecule has 0 atom stereocenters. The standard InChI is InChI=1S/C21H23FN4O/c1-14(2)27-19-10-8-18(9-11-19)26-21-12-20(24-15(3)25-21)23-13-16-4-6-17(22)7-5-16/h4-12,14H,13H2,1-3H3,(H2,23,24,25,26). The van der Waals surface area contributed by atoms with E-state index < -0.39 is 0 Å². The Morgan fingerprint density at radius 1 is 0.963 bits per heavy atom. The van der Waals surface area contributed by atoms with Crippen molar-refractivity contribution in [1.82, 2.24) is 9.97 Å². The molecular weight excluding hydrogens is 343 g/mol. The van der Waals surface area contributed by atoms with Gasteiger partial charge in [0.15, 0.2) is 0 Å². The van der Waals surface area contributed by atoms with E-state index in [1.165, 1.54) is 12.1 Å². The molecule has 5 nitrogen and oxygen atoms in total. The summed E-state index contributed by atoms with van der Waals surface area (Å²) in [7, 11) is 0. The smallest absolute Gasteiger partial charge is 0.136 e. The van der Waals surface area contributed by atoms with Crippen LogP contribution in [0.5, 0.6) is 5.75 Å². The SMILES string of the molecule is Cc1nc(NCc2ccc(F)cc2)cc(Nc2ccc(OC(C)C)cc2)n1. The third-order valence-electron chi connectivity index (χ3n) is 3.72. The van der Waals surface area contributed by atoms with Gasteiger partial charge < -0.3 is 15.4 Å². The van der Waals surface area contributed by atoms with Crippen LogP contribution in [0.4, 0.5) is 21.7 Å². The van der Waals surface area contributed by atoms with Gasteiger partial charge in [0.1, 0.15) is 29.0 Å². The molecule has 0 spiro atoms. The number of rotatable bonds is 7. The number of nitrogens with one attached hydrogen (secondary N) is 2. The number of aromatic nitrogens is 2. The molecule has 3 rings (SSSR count). The lowest BCUT2D eigenvalue weighted by atomic mass is 10.2. The maximum atomic E-state index is 13.0. The van der Waals surface area contributed by atoms with Gasteiger partial charge in [-0.3, -0.25) is 0 Å². The van der Waals surface area contributed by atoms with Crippen LogP contribution in [0, 0.1) is 12.7 Å². The predicted octanol–water partition coefficient (Wildman–Crippen LogP) is 5.07. The van der Waals surface area contributed by atoms with Gasteiger partial charge in [0.25, 0.3) is 0 Å². The van der Waals surface area contributed by atoms with Crippen molar-refractivity contribution in [3.8, 4) is 5.75 Å². The van der Waals surface area contributed by atoms with Crippen LogP contribution in [-0.2, 0) is 6.54 Å². The molecule has 3 aromatic rings. The van der Waals surface area contributed by atoms with Gasteiger partial charge in [-0.15, -0.1) is 0 Å². The normalized spacial score (nSPS) is 10.7. The van der Waals surface area contributed by atoms with Gasteiger partial charge in [0, 0.05) is 18.3 Å². The Hall–Kier alpha value is -3.15. The highest BCUT2D eigenvalue weighted by Crippen LogP contribution is 2.21. The van der Waals surface area contributed by atoms with Crippen molar-refractivity contribution in [2.24, 2.45) is 0 Å². The van der Waals surface area contributed by atoms with Crippen LogP contribution >= 0.6 is 0 Å². The number of hydrogen-bond donors (Lipinski definition) is 2. The Bertz CT molecular complexity index is 880. The van der Waals surface area contributed by atoms with Crippen molar-refractivity contribution >= 4 is 17.3 Å². The fraction of sp³-hybridized carbons (Fsp3) is 0.238. The fourth-order valence-electron chi connectivity index (χ4n) is 2.55. The zero-order chi connectivity index (χ0) is 19.2. The van der Waals surface area contributed by atoms with E-state index in [1.807, 2.05) is 51.1 Å². The Morgan fingerprint density at radius 3 is 2.30 bits per heavy atom. The van der Waals surface area contributed by atoms with Crippen LogP contribution in [0.25, 0.3) is 0 Å². The van der Waals surface area contributed by atoms with Crippen LogP contribution in [0.2, 0.25) is 0 Å². The fourth-order valence-corrected chi connectivity index (χ4v) is 2.55. The van der Waals surface area contributed by atoms with E-state index >= 15 is 0 Å². The monoisotopic (exact) mass is 366 g/mol. The molecule has 0 amide bonds. The molecule has 1 heterocycles. The molecule has 0 saturated heterocycles. The lowest BCUT2D eigenvalue weighted by Crippen LogP contribution is -2.06. The van der Waals surface area contributed by atoms with Gasteiger partial charge >= 0.3 is 0 Å². The molecule has 1 aromatic heterocycles. The topological polar surface area (TPSA) is 59.1 Å². The van der Waals surface area contributed by atoms with E-state index in [2.05, 4.69) is 20.6 Å². The summed E-state index contributed by atoms with van der Waals surface area (Å²) in [5.74, 6) is 2.64. The Balaban J connectivity index is 1.66. The van der Waals surface area contributed by atoms with Gasteiger partial charge in [0.05, 0.1) is 6.10 Å². The third-order valence-corrected chi connectivity index (χ3v) is 3.72. The molecule has 6 heteroatoms. The second-order valence-electron chi connectivity index (χ2n) is 6.48. The summed E-state index contributed by atoms with van der Waals surface area (Å²) >= 11 is 0. The number of nitrogens with zero attached hydrogens (tertiary/aromatic N) is 2. The van der Waals surface area contributed by atoms with E-state index in [0.29, 0.717) is 24.0 Å². The maximum Gasteiger partial charge on any atom is 0.136 e. The summed E-state index contributed by atoms with van der Waals surface area (Å²) < 4.78 is 18.6. The molecule has 0 fully saturated rings. The molecule has 0 radical (unpaired) electrons. The molecule has 0 unspecified atom stereocenters. The number of hydrogen-bond acceptors (Lipinski definition) is 5. The lowest BCUT2D eigenvalue weighted by molar-refractivity contribution is 0.242. The van der Waals surface area contributed by atoms with E-state index in [0.717, 1.165) is 17.0 Å². The summed E-state index contributed by atoms with van der Waals surface area (Å²) in [6, 6.07) is 16.0. The number of ether oxygens (including phenoxy) is 1. The molecule has 140 valence electrons. The largest absolute Gasteiger partial charge is 0.491 e. The van der Waals surface area contributed by atoms with Crippen LogP contribution in [-0.4, -0.2) is 16.1 Å². The van der Waals surface area contributed by atoms with Crippen LogP contribution < -0.4 is 15.4 Å². The average Bonchev–Trinajstić information content (AvgIpc) is 2.62.